The monoisotopic (exact) mass is 384 g/mol. The fraction of sp³-hybridized carbons (Fsp3) is 0.524. The molecule has 2 fully saturated rings. The zero-order valence-corrected chi connectivity index (χ0v) is 16.1. The van der Waals surface area contributed by atoms with Gasteiger partial charge in [-0.2, -0.15) is 0 Å². The highest BCUT2D eigenvalue weighted by Crippen LogP contribution is 2.37. The van der Waals surface area contributed by atoms with Crippen molar-refractivity contribution in [2.45, 2.75) is 58.1 Å². The molecule has 1 aliphatic carbocycles. The number of imide groups is 2. The summed E-state index contributed by atoms with van der Waals surface area (Å²) in [5.41, 5.74) is 0.526. The van der Waals surface area contributed by atoms with Gasteiger partial charge in [0, 0.05) is 6.42 Å². The molecule has 4 rings (SSSR count). The summed E-state index contributed by atoms with van der Waals surface area (Å²) in [6, 6.07) is 3.93. The number of benzene rings is 1. The summed E-state index contributed by atoms with van der Waals surface area (Å²) in [7, 11) is 0. The van der Waals surface area contributed by atoms with Crippen LogP contribution >= 0.6 is 0 Å². The van der Waals surface area contributed by atoms with Gasteiger partial charge in [0.2, 0.25) is 11.8 Å². The van der Waals surface area contributed by atoms with Crippen LogP contribution in [-0.4, -0.2) is 40.7 Å². The van der Waals surface area contributed by atoms with Gasteiger partial charge in [-0.05, 0) is 55.7 Å². The molecule has 1 aromatic carbocycles. The Morgan fingerprint density at radius 1 is 1.11 bits per heavy atom. The molecule has 0 spiro atoms. The highest BCUT2D eigenvalue weighted by atomic mass is 16.5. The van der Waals surface area contributed by atoms with E-state index >= 15 is 0 Å². The van der Waals surface area contributed by atoms with Crippen molar-refractivity contribution in [2.24, 2.45) is 11.8 Å². The summed E-state index contributed by atoms with van der Waals surface area (Å²) < 4.78 is 5.98. The van der Waals surface area contributed by atoms with Crippen molar-refractivity contribution >= 4 is 23.6 Å². The second-order valence-corrected chi connectivity index (χ2v) is 8.36. The van der Waals surface area contributed by atoms with Crippen molar-refractivity contribution in [3.8, 4) is 5.75 Å². The number of hydrogen-bond donors (Lipinski definition) is 1. The van der Waals surface area contributed by atoms with Gasteiger partial charge >= 0.3 is 0 Å². The Hall–Kier alpha value is -2.70. The van der Waals surface area contributed by atoms with Gasteiger partial charge in [-0.3, -0.25) is 29.4 Å². The van der Waals surface area contributed by atoms with Crippen molar-refractivity contribution in [3.05, 3.63) is 29.3 Å². The lowest BCUT2D eigenvalue weighted by Crippen LogP contribution is -2.54. The first-order valence-electron chi connectivity index (χ1n) is 9.85. The first kappa shape index (κ1) is 18.7. The van der Waals surface area contributed by atoms with E-state index in [2.05, 4.69) is 19.2 Å². The molecule has 7 heteroatoms. The van der Waals surface area contributed by atoms with Gasteiger partial charge in [-0.1, -0.05) is 13.8 Å². The van der Waals surface area contributed by atoms with Crippen LogP contribution in [0.15, 0.2) is 18.2 Å². The van der Waals surface area contributed by atoms with Gasteiger partial charge in [0.15, 0.2) is 0 Å². The maximum Gasteiger partial charge on any atom is 0.262 e. The highest BCUT2D eigenvalue weighted by Gasteiger charge is 2.44. The third kappa shape index (κ3) is 3.30. The predicted molar refractivity (Wildman–Crippen MR) is 99.7 cm³/mol. The molecule has 1 saturated carbocycles. The van der Waals surface area contributed by atoms with E-state index in [1.165, 1.54) is 6.42 Å². The average molecular weight is 384 g/mol. The molecular weight excluding hydrogens is 360 g/mol. The van der Waals surface area contributed by atoms with Crippen molar-refractivity contribution < 1.29 is 23.9 Å². The molecule has 148 valence electrons. The summed E-state index contributed by atoms with van der Waals surface area (Å²) in [5.74, 6) is -0.0674. The molecule has 2 aliphatic heterocycles. The van der Waals surface area contributed by atoms with Crippen molar-refractivity contribution in [3.63, 3.8) is 0 Å². The fourth-order valence-electron chi connectivity index (χ4n) is 4.35. The van der Waals surface area contributed by atoms with Crippen molar-refractivity contribution in [1.29, 1.82) is 0 Å². The third-order valence-electron chi connectivity index (χ3n) is 5.71. The van der Waals surface area contributed by atoms with E-state index in [1.54, 1.807) is 18.2 Å². The lowest BCUT2D eigenvalue weighted by molar-refractivity contribution is -0.136. The van der Waals surface area contributed by atoms with E-state index in [0.29, 0.717) is 17.6 Å². The Kier molecular flexibility index (Phi) is 4.69. The van der Waals surface area contributed by atoms with Crippen LogP contribution in [0.2, 0.25) is 0 Å². The van der Waals surface area contributed by atoms with Crippen molar-refractivity contribution in [2.75, 3.05) is 0 Å². The molecule has 2 heterocycles. The van der Waals surface area contributed by atoms with E-state index < -0.39 is 23.8 Å². The topological polar surface area (TPSA) is 92.8 Å². The Morgan fingerprint density at radius 2 is 1.82 bits per heavy atom. The smallest absolute Gasteiger partial charge is 0.262 e. The Balaban J connectivity index is 1.46. The minimum absolute atomic E-state index is 0.109. The number of nitrogens with one attached hydrogen (secondary N) is 1. The van der Waals surface area contributed by atoms with E-state index in [9.17, 15) is 19.2 Å². The zero-order chi connectivity index (χ0) is 20.0. The summed E-state index contributed by atoms with van der Waals surface area (Å²) >= 11 is 0. The minimum atomic E-state index is -0.946. The first-order chi connectivity index (χ1) is 13.3. The molecular formula is C21H24N2O5. The number of fused-ring (bicyclic) bond motifs is 1. The molecule has 0 radical (unpaired) electrons. The molecule has 1 N–H and O–H groups in total. The molecule has 0 aromatic heterocycles. The van der Waals surface area contributed by atoms with Gasteiger partial charge in [0.05, 0.1) is 17.2 Å². The number of amides is 4. The molecule has 1 aromatic rings. The van der Waals surface area contributed by atoms with E-state index in [4.69, 9.17) is 4.74 Å². The molecule has 1 unspecified atom stereocenters. The summed E-state index contributed by atoms with van der Waals surface area (Å²) in [4.78, 5) is 49.9. The fourth-order valence-corrected chi connectivity index (χ4v) is 4.35. The van der Waals surface area contributed by atoms with Crippen LogP contribution < -0.4 is 10.1 Å². The SMILES string of the molecule is CC(C)CC1CC(Oc2ccc3c(c2)C(=O)N(C2CCC(=O)NC2=O)C3=O)C1. The van der Waals surface area contributed by atoms with Gasteiger partial charge < -0.3 is 4.74 Å². The Bertz CT molecular complexity index is 856. The maximum atomic E-state index is 12.8. The number of carbonyl (C=O) groups excluding carboxylic acids is 4. The van der Waals surface area contributed by atoms with E-state index in [1.807, 2.05) is 0 Å². The standard InChI is InChI=1S/C21H24N2O5/c1-11(2)7-12-8-14(9-12)28-13-3-4-15-16(10-13)21(27)23(20(15)26)17-5-6-18(24)22-19(17)25/h3-4,10-12,14,17H,5-9H2,1-2H3,(H,22,24,25). The Labute approximate surface area is 163 Å². The third-order valence-corrected chi connectivity index (χ3v) is 5.71. The lowest BCUT2D eigenvalue weighted by Gasteiger charge is -2.36. The molecule has 3 aliphatic rings. The number of carbonyl (C=O) groups is 4. The van der Waals surface area contributed by atoms with E-state index in [-0.39, 0.29) is 36.0 Å². The van der Waals surface area contributed by atoms with Crippen LogP contribution in [0.25, 0.3) is 0 Å². The molecule has 0 bridgehead atoms. The van der Waals surface area contributed by atoms with Crippen LogP contribution in [0.3, 0.4) is 0 Å². The highest BCUT2D eigenvalue weighted by molar-refractivity contribution is 6.23. The van der Waals surface area contributed by atoms with Crippen LogP contribution in [0.5, 0.6) is 5.75 Å². The summed E-state index contributed by atoms with van der Waals surface area (Å²) in [5, 5.41) is 2.20. The second-order valence-electron chi connectivity index (χ2n) is 8.36. The minimum Gasteiger partial charge on any atom is -0.490 e. The number of nitrogens with zero attached hydrogens (tertiary/aromatic N) is 1. The van der Waals surface area contributed by atoms with Crippen LogP contribution in [0, 0.1) is 11.8 Å². The average Bonchev–Trinajstić information content (AvgIpc) is 2.84. The van der Waals surface area contributed by atoms with E-state index in [0.717, 1.165) is 17.7 Å². The number of piperidine rings is 1. The normalized spacial score (nSPS) is 27.0. The predicted octanol–water partition coefficient (Wildman–Crippen LogP) is 2.29. The molecule has 1 saturated heterocycles. The Morgan fingerprint density at radius 3 is 2.50 bits per heavy atom. The summed E-state index contributed by atoms with van der Waals surface area (Å²) in [6.07, 6.45) is 3.60. The quantitative estimate of drug-likeness (QED) is 0.787. The maximum absolute atomic E-state index is 12.8. The molecule has 7 nitrogen and oxygen atoms in total. The summed E-state index contributed by atoms with van der Waals surface area (Å²) in [6.45, 7) is 4.43. The molecule has 4 amide bonds. The first-order valence-corrected chi connectivity index (χ1v) is 9.85. The zero-order valence-electron chi connectivity index (χ0n) is 16.1. The van der Waals surface area contributed by atoms with Crippen LogP contribution in [-0.2, 0) is 9.59 Å². The van der Waals surface area contributed by atoms with Crippen LogP contribution in [0.4, 0.5) is 0 Å². The van der Waals surface area contributed by atoms with Crippen LogP contribution in [0.1, 0.15) is 66.7 Å². The van der Waals surface area contributed by atoms with Gasteiger partial charge in [0.25, 0.3) is 11.8 Å². The number of rotatable bonds is 5. The number of hydrogen-bond acceptors (Lipinski definition) is 5. The van der Waals surface area contributed by atoms with Gasteiger partial charge in [-0.25, -0.2) is 0 Å². The van der Waals surface area contributed by atoms with Gasteiger partial charge in [0.1, 0.15) is 11.8 Å². The largest absolute Gasteiger partial charge is 0.490 e. The lowest BCUT2D eigenvalue weighted by atomic mass is 9.77. The number of ether oxygens (including phenoxy) is 1. The van der Waals surface area contributed by atoms with Crippen molar-refractivity contribution in [1.82, 2.24) is 10.2 Å². The molecule has 28 heavy (non-hydrogen) atoms. The second kappa shape index (κ2) is 7.04. The van der Waals surface area contributed by atoms with Gasteiger partial charge in [-0.15, -0.1) is 0 Å². The molecule has 1 atom stereocenters.